The molecular weight excluding hydrogens is 498 g/mol. The minimum Gasteiger partial charge on any atom is -0.508 e. The Labute approximate surface area is 226 Å². The van der Waals surface area contributed by atoms with Gasteiger partial charge in [0, 0.05) is 54.1 Å². The van der Waals surface area contributed by atoms with E-state index < -0.39 is 11.3 Å². The lowest BCUT2D eigenvalue weighted by atomic mass is 10.1. The van der Waals surface area contributed by atoms with Crippen molar-refractivity contribution in [2.24, 2.45) is 0 Å². The number of ether oxygens (including phenoxy) is 3. The summed E-state index contributed by atoms with van der Waals surface area (Å²) in [6.45, 7) is 6.61. The SMILES string of the molecule is CCOc1cc(OCC)cc(-n2cc(C(=O)N(CC)c3cc(C#N)cc(OC)c3)c(=O)c3ccc(O)cc32)c1. The third kappa shape index (κ3) is 5.50. The first-order valence-electron chi connectivity index (χ1n) is 12.5. The summed E-state index contributed by atoms with van der Waals surface area (Å²) in [5, 5.41) is 19.9. The number of rotatable bonds is 9. The Bertz CT molecular complexity index is 1610. The number of benzene rings is 3. The van der Waals surface area contributed by atoms with Crippen molar-refractivity contribution in [2.45, 2.75) is 20.8 Å². The maximum atomic E-state index is 13.9. The van der Waals surface area contributed by atoms with Crippen molar-refractivity contribution in [3.05, 3.63) is 82.1 Å². The first-order valence-corrected chi connectivity index (χ1v) is 12.5. The second-order valence-electron chi connectivity index (χ2n) is 8.55. The van der Waals surface area contributed by atoms with E-state index in [2.05, 4.69) is 6.07 Å². The van der Waals surface area contributed by atoms with Crippen molar-refractivity contribution in [1.82, 2.24) is 4.57 Å². The van der Waals surface area contributed by atoms with Gasteiger partial charge in [-0.25, -0.2) is 0 Å². The number of anilines is 1. The zero-order valence-electron chi connectivity index (χ0n) is 22.2. The molecule has 9 heteroatoms. The van der Waals surface area contributed by atoms with E-state index >= 15 is 0 Å². The predicted octanol–water partition coefficient (Wildman–Crippen LogP) is 5.04. The minimum atomic E-state index is -0.547. The maximum Gasteiger partial charge on any atom is 0.263 e. The van der Waals surface area contributed by atoms with Gasteiger partial charge in [0.25, 0.3) is 5.91 Å². The minimum absolute atomic E-state index is 0.0312. The van der Waals surface area contributed by atoms with E-state index in [1.54, 1.807) is 47.9 Å². The number of phenols is 1. The predicted molar refractivity (Wildman–Crippen MR) is 149 cm³/mol. The number of fused-ring (bicyclic) bond motifs is 1. The summed E-state index contributed by atoms with van der Waals surface area (Å²) in [6, 6.07) is 16.5. The number of aromatic nitrogens is 1. The molecule has 200 valence electrons. The van der Waals surface area contributed by atoms with Crippen LogP contribution in [0.2, 0.25) is 0 Å². The summed E-state index contributed by atoms with van der Waals surface area (Å²) in [5.41, 5.74) is 1.15. The molecule has 1 N–H and O–H groups in total. The second kappa shape index (κ2) is 11.6. The van der Waals surface area contributed by atoms with Crippen molar-refractivity contribution >= 4 is 22.5 Å². The van der Waals surface area contributed by atoms with Crippen LogP contribution in [-0.4, -0.2) is 42.4 Å². The second-order valence-corrected chi connectivity index (χ2v) is 8.55. The average molecular weight is 528 g/mol. The largest absolute Gasteiger partial charge is 0.508 e. The van der Waals surface area contributed by atoms with Crippen LogP contribution in [0.5, 0.6) is 23.0 Å². The highest BCUT2D eigenvalue weighted by molar-refractivity contribution is 6.07. The molecule has 0 saturated carbocycles. The van der Waals surface area contributed by atoms with E-state index in [-0.39, 0.29) is 23.2 Å². The number of hydrogen-bond acceptors (Lipinski definition) is 7. The fourth-order valence-electron chi connectivity index (χ4n) is 4.39. The molecule has 0 unspecified atom stereocenters. The molecule has 1 aromatic heterocycles. The monoisotopic (exact) mass is 527 g/mol. The van der Waals surface area contributed by atoms with Crippen LogP contribution in [0.4, 0.5) is 5.69 Å². The van der Waals surface area contributed by atoms with Gasteiger partial charge in [0.2, 0.25) is 5.43 Å². The van der Waals surface area contributed by atoms with Gasteiger partial charge in [-0.1, -0.05) is 0 Å². The number of aromatic hydroxyl groups is 1. The van der Waals surface area contributed by atoms with Crippen LogP contribution in [0.25, 0.3) is 16.6 Å². The lowest BCUT2D eigenvalue weighted by molar-refractivity contribution is 0.0987. The number of carbonyl (C=O) groups excluding carboxylic acids is 1. The highest BCUT2D eigenvalue weighted by Gasteiger charge is 2.23. The summed E-state index contributed by atoms with van der Waals surface area (Å²) in [4.78, 5) is 29.0. The van der Waals surface area contributed by atoms with E-state index in [1.807, 2.05) is 13.8 Å². The van der Waals surface area contributed by atoms with Gasteiger partial charge in [-0.2, -0.15) is 5.26 Å². The molecule has 0 atom stereocenters. The van der Waals surface area contributed by atoms with E-state index in [1.165, 1.54) is 36.4 Å². The third-order valence-electron chi connectivity index (χ3n) is 6.11. The first kappa shape index (κ1) is 27.1. The number of nitrogens with zero attached hydrogens (tertiary/aromatic N) is 3. The first-order chi connectivity index (χ1) is 18.8. The number of phenolic OH excluding ortho intramolecular Hbond substituents is 1. The van der Waals surface area contributed by atoms with E-state index in [0.29, 0.717) is 52.9 Å². The lowest BCUT2D eigenvalue weighted by Gasteiger charge is -2.23. The molecule has 9 nitrogen and oxygen atoms in total. The molecule has 4 rings (SSSR count). The Balaban J connectivity index is 1.96. The number of pyridine rings is 1. The molecule has 0 fully saturated rings. The van der Waals surface area contributed by atoms with Crippen molar-refractivity contribution in [1.29, 1.82) is 5.26 Å². The lowest BCUT2D eigenvalue weighted by Crippen LogP contribution is -2.35. The Kier molecular flexibility index (Phi) is 8.06. The van der Waals surface area contributed by atoms with Crippen molar-refractivity contribution < 1.29 is 24.1 Å². The van der Waals surface area contributed by atoms with Gasteiger partial charge >= 0.3 is 0 Å². The fourth-order valence-corrected chi connectivity index (χ4v) is 4.39. The van der Waals surface area contributed by atoms with Crippen molar-refractivity contribution in [3.63, 3.8) is 0 Å². The molecule has 0 aliphatic rings. The van der Waals surface area contributed by atoms with Crippen LogP contribution in [-0.2, 0) is 0 Å². The van der Waals surface area contributed by atoms with Crippen LogP contribution in [0.1, 0.15) is 36.7 Å². The summed E-state index contributed by atoms with van der Waals surface area (Å²) in [5.74, 6) is 0.937. The number of nitriles is 1. The highest BCUT2D eigenvalue weighted by Crippen LogP contribution is 2.30. The molecule has 0 aliphatic carbocycles. The molecule has 4 aromatic rings. The molecule has 0 aliphatic heterocycles. The number of carbonyl (C=O) groups is 1. The Morgan fingerprint density at radius 3 is 2.26 bits per heavy atom. The molecular formula is C30H29N3O6. The van der Waals surface area contributed by atoms with Crippen LogP contribution >= 0.6 is 0 Å². The average Bonchev–Trinajstić information content (AvgIpc) is 2.93. The molecule has 0 bridgehead atoms. The zero-order chi connectivity index (χ0) is 28.1. The van der Waals surface area contributed by atoms with Crippen LogP contribution in [0.3, 0.4) is 0 Å². The van der Waals surface area contributed by atoms with Gasteiger partial charge in [-0.3, -0.25) is 9.59 Å². The van der Waals surface area contributed by atoms with E-state index in [9.17, 15) is 20.0 Å². The molecule has 1 heterocycles. The van der Waals surface area contributed by atoms with E-state index in [4.69, 9.17) is 14.2 Å². The van der Waals surface area contributed by atoms with Crippen molar-refractivity contribution in [2.75, 3.05) is 31.8 Å². The Hall–Kier alpha value is -4.97. The molecule has 39 heavy (non-hydrogen) atoms. The molecule has 1 amide bonds. The normalized spacial score (nSPS) is 10.6. The Morgan fingerprint density at radius 1 is 0.974 bits per heavy atom. The maximum absolute atomic E-state index is 13.9. The molecule has 3 aromatic carbocycles. The summed E-state index contributed by atoms with van der Waals surface area (Å²) >= 11 is 0. The standard InChI is InChI=1S/C30H29N3O6/c1-5-32(20-10-19(17-31)11-23(12-20)37-4)30(36)27-18-33(28-15-22(34)8-9-26(28)29(27)35)21-13-24(38-6-2)16-25(14-21)39-7-3/h8-16,18,34H,5-7H2,1-4H3. The molecule has 0 saturated heterocycles. The van der Waals surface area contributed by atoms with Gasteiger partial charge in [-0.15, -0.1) is 0 Å². The third-order valence-corrected chi connectivity index (χ3v) is 6.11. The smallest absolute Gasteiger partial charge is 0.263 e. The van der Waals surface area contributed by atoms with Gasteiger partial charge in [0.1, 0.15) is 28.6 Å². The zero-order valence-corrected chi connectivity index (χ0v) is 22.2. The summed E-state index contributed by atoms with van der Waals surface area (Å²) in [6.07, 6.45) is 1.46. The number of hydrogen-bond donors (Lipinski definition) is 1. The summed E-state index contributed by atoms with van der Waals surface area (Å²) in [7, 11) is 1.47. The fraction of sp³-hybridized carbons (Fsp3) is 0.233. The van der Waals surface area contributed by atoms with Crippen molar-refractivity contribution in [3.8, 4) is 34.8 Å². The highest BCUT2D eigenvalue weighted by atomic mass is 16.5. The van der Waals surface area contributed by atoms with Crippen LogP contribution in [0, 0.1) is 11.3 Å². The molecule has 0 spiro atoms. The summed E-state index contributed by atoms with van der Waals surface area (Å²) < 4.78 is 18.4. The molecule has 0 radical (unpaired) electrons. The number of methoxy groups -OCH3 is 1. The number of amides is 1. The quantitative estimate of drug-likeness (QED) is 0.324. The van der Waals surface area contributed by atoms with Crippen LogP contribution in [0.15, 0.2) is 65.6 Å². The van der Waals surface area contributed by atoms with E-state index in [0.717, 1.165) is 0 Å². The van der Waals surface area contributed by atoms with Gasteiger partial charge in [0.15, 0.2) is 0 Å². The van der Waals surface area contributed by atoms with Gasteiger partial charge in [0.05, 0.1) is 43.2 Å². The van der Waals surface area contributed by atoms with Gasteiger partial charge < -0.3 is 28.8 Å². The Morgan fingerprint density at radius 2 is 1.67 bits per heavy atom. The topological polar surface area (TPSA) is 114 Å². The van der Waals surface area contributed by atoms with Crippen LogP contribution < -0.4 is 24.5 Å². The van der Waals surface area contributed by atoms with Gasteiger partial charge in [-0.05, 0) is 45.0 Å².